The van der Waals surface area contributed by atoms with Crippen LogP contribution in [0.15, 0.2) is 24.5 Å². The number of carbonyl (C=O) groups is 2. The zero-order chi connectivity index (χ0) is 13.1. The second-order valence-corrected chi connectivity index (χ2v) is 4.22. The molecule has 0 saturated carbocycles. The van der Waals surface area contributed by atoms with Gasteiger partial charge in [0.15, 0.2) is 0 Å². The van der Waals surface area contributed by atoms with E-state index in [0.29, 0.717) is 5.69 Å². The molecule has 0 aliphatic carbocycles. The summed E-state index contributed by atoms with van der Waals surface area (Å²) in [7, 11) is 0. The van der Waals surface area contributed by atoms with Crippen molar-refractivity contribution in [1.29, 1.82) is 0 Å². The minimum Gasteiger partial charge on any atom is -0.346 e. The summed E-state index contributed by atoms with van der Waals surface area (Å²) in [6.45, 7) is 3.59. The number of hydrogen-bond donors (Lipinski definition) is 3. The van der Waals surface area contributed by atoms with Gasteiger partial charge in [0, 0.05) is 11.7 Å². The quantitative estimate of drug-likeness (QED) is 0.691. The second-order valence-electron chi connectivity index (χ2n) is 4.22. The first-order valence-corrected chi connectivity index (χ1v) is 5.61. The Kier molecular flexibility index (Phi) is 3.27. The summed E-state index contributed by atoms with van der Waals surface area (Å²) in [6.07, 6.45) is 1.57. The maximum atomic E-state index is 11.6. The van der Waals surface area contributed by atoms with E-state index in [1.165, 1.54) is 0 Å². The molecule has 0 saturated heterocycles. The maximum Gasteiger partial charge on any atom is 0.313 e. The first-order chi connectivity index (χ1) is 8.56. The summed E-state index contributed by atoms with van der Waals surface area (Å²) in [4.78, 5) is 30.0. The number of nitrogens with one attached hydrogen (secondary N) is 3. The predicted molar refractivity (Wildman–Crippen MR) is 68.0 cm³/mol. The molecule has 0 spiro atoms. The van der Waals surface area contributed by atoms with Crippen LogP contribution in [0.5, 0.6) is 0 Å². The molecular weight excluding hydrogens is 232 g/mol. The van der Waals surface area contributed by atoms with Gasteiger partial charge in [0.05, 0.1) is 17.4 Å². The Morgan fingerprint density at radius 2 is 2.06 bits per heavy atom. The van der Waals surface area contributed by atoms with Gasteiger partial charge < -0.3 is 15.6 Å². The van der Waals surface area contributed by atoms with Crippen LogP contribution in [0, 0.1) is 0 Å². The molecule has 6 nitrogen and oxygen atoms in total. The lowest BCUT2D eigenvalue weighted by Crippen LogP contribution is -2.39. The van der Waals surface area contributed by atoms with Gasteiger partial charge >= 0.3 is 11.8 Å². The van der Waals surface area contributed by atoms with E-state index in [0.717, 1.165) is 11.0 Å². The van der Waals surface area contributed by atoms with Crippen molar-refractivity contribution in [1.82, 2.24) is 15.3 Å². The Morgan fingerprint density at radius 3 is 2.78 bits per heavy atom. The van der Waals surface area contributed by atoms with Crippen LogP contribution in [0.2, 0.25) is 0 Å². The number of hydrogen-bond acceptors (Lipinski definition) is 3. The van der Waals surface area contributed by atoms with Crippen LogP contribution in [-0.4, -0.2) is 27.8 Å². The number of H-pyrrole nitrogens is 1. The Labute approximate surface area is 104 Å². The van der Waals surface area contributed by atoms with Crippen LogP contribution in [0.3, 0.4) is 0 Å². The number of amides is 2. The van der Waals surface area contributed by atoms with Crippen molar-refractivity contribution in [2.75, 3.05) is 5.32 Å². The van der Waals surface area contributed by atoms with Crippen LogP contribution < -0.4 is 10.6 Å². The molecule has 2 rings (SSSR count). The van der Waals surface area contributed by atoms with Gasteiger partial charge in [0.25, 0.3) is 0 Å². The predicted octanol–water partition coefficient (Wildman–Crippen LogP) is 1.03. The van der Waals surface area contributed by atoms with E-state index < -0.39 is 11.8 Å². The van der Waals surface area contributed by atoms with Gasteiger partial charge in [-0.25, -0.2) is 4.98 Å². The number of aromatic amines is 1. The van der Waals surface area contributed by atoms with Gasteiger partial charge in [-0.15, -0.1) is 0 Å². The molecule has 0 unspecified atom stereocenters. The molecule has 1 aromatic heterocycles. The summed E-state index contributed by atoms with van der Waals surface area (Å²) < 4.78 is 0. The Hall–Kier alpha value is -2.37. The normalized spacial score (nSPS) is 10.6. The fourth-order valence-corrected chi connectivity index (χ4v) is 1.53. The summed E-state index contributed by atoms with van der Waals surface area (Å²) >= 11 is 0. The fourth-order valence-electron chi connectivity index (χ4n) is 1.53. The van der Waals surface area contributed by atoms with Gasteiger partial charge in [0.1, 0.15) is 0 Å². The molecule has 2 aromatic rings. The molecule has 18 heavy (non-hydrogen) atoms. The lowest BCUT2D eigenvalue weighted by atomic mass is 10.2. The number of rotatable bonds is 2. The van der Waals surface area contributed by atoms with E-state index in [1.54, 1.807) is 38.4 Å². The van der Waals surface area contributed by atoms with Crippen molar-refractivity contribution in [2.45, 2.75) is 19.9 Å². The molecule has 3 N–H and O–H groups in total. The van der Waals surface area contributed by atoms with Gasteiger partial charge in [-0.3, -0.25) is 9.59 Å². The summed E-state index contributed by atoms with van der Waals surface area (Å²) in [5.74, 6) is -1.32. The van der Waals surface area contributed by atoms with Crippen molar-refractivity contribution in [3.8, 4) is 0 Å². The lowest BCUT2D eigenvalue weighted by Gasteiger charge is -2.08. The lowest BCUT2D eigenvalue weighted by molar-refractivity contribution is -0.136. The molecule has 0 aliphatic rings. The number of imidazole rings is 1. The first kappa shape index (κ1) is 12.1. The molecule has 0 atom stereocenters. The van der Waals surface area contributed by atoms with Crippen molar-refractivity contribution >= 4 is 28.5 Å². The fraction of sp³-hybridized carbons (Fsp3) is 0.250. The average molecular weight is 246 g/mol. The van der Waals surface area contributed by atoms with Crippen molar-refractivity contribution in [3.05, 3.63) is 24.5 Å². The topological polar surface area (TPSA) is 86.9 Å². The number of nitrogens with zero attached hydrogens (tertiary/aromatic N) is 1. The molecule has 0 radical (unpaired) electrons. The third-order valence-electron chi connectivity index (χ3n) is 2.30. The van der Waals surface area contributed by atoms with E-state index in [2.05, 4.69) is 20.6 Å². The SMILES string of the molecule is CC(C)NC(=O)C(=O)Nc1ccc2nc[nH]c2c1. The van der Waals surface area contributed by atoms with Crippen LogP contribution in [0.25, 0.3) is 11.0 Å². The van der Waals surface area contributed by atoms with E-state index in [1.807, 2.05) is 0 Å². The van der Waals surface area contributed by atoms with Gasteiger partial charge in [-0.1, -0.05) is 0 Å². The summed E-state index contributed by atoms with van der Waals surface area (Å²) in [5.41, 5.74) is 2.16. The van der Waals surface area contributed by atoms with E-state index >= 15 is 0 Å². The number of fused-ring (bicyclic) bond motifs is 1. The van der Waals surface area contributed by atoms with Crippen molar-refractivity contribution in [3.63, 3.8) is 0 Å². The third-order valence-corrected chi connectivity index (χ3v) is 2.30. The highest BCUT2D eigenvalue weighted by Gasteiger charge is 2.14. The average Bonchev–Trinajstić information content (AvgIpc) is 2.75. The minimum atomic E-state index is -0.678. The first-order valence-electron chi connectivity index (χ1n) is 5.61. The molecule has 1 aromatic carbocycles. The van der Waals surface area contributed by atoms with Crippen molar-refractivity contribution < 1.29 is 9.59 Å². The highest BCUT2D eigenvalue weighted by molar-refractivity contribution is 6.39. The largest absolute Gasteiger partial charge is 0.346 e. The van der Waals surface area contributed by atoms with Crippen LogP contribution in [0.4, 0.5) is 5.69 Å². The zero-order valence-electron chi connectivity index (χ0n) is 10.2. The Bertz CT molecular complexity index is 589. The maximum absolute atomic E-state index is 11.6. The van der Waals surface area contributed by atoms with Gasteiger partial charge in [-0.2, -0.15) is 0 Å². The number of aromatic nitrogens is 2. The standard InChI is InChI=1S/C12H14N4O2/c1-7(2)15-11(17)12(18)16-8-3-4-9-10(5-8)14-6-13-9/h3-7H,1-2H3,(H,13,14)(H,15,17)(H,16,18). The number of anilines is 1. The second kappa shape index (κ2) is 4.87. The van der Waals surface area contributed by atoms with E-state index in [4.69, 9.17) is 0 Å². The molecule has 2 amide bonds. The smallest absolute Gasteiger partial charge is 0.313 e. The molecule has 6 heteroatoms. The third kappa shape index (κ3) is 2.65. The molecular formula is C12H14N4O2. The molecule has 94 valence electrons. The molecule has 0 bridgehead atoms. The number of benzene rings is 1. The van der Waals surface area contributed by atoms with Gasteiger partial charge in [-0.05, 0) is 32.0 Å². The minimum absolute atomic E-state index is 0.0710. The highest BCUT2D eigenvalue weighted by Crippen LogP contribution is 2.15. The highest BCUT2D eigenvalue weighted by atomic mass is 16.2. The van der Waals surface area contributed by atoms with Crippen LogP contribution >= 0.6 is 0 Å². The molecule has 0 fully saturated rings. The zero-order valence-corrected chi connectivity index (χ0v) is 10.2. The monoisotopic (exact) mass is 246 g/mol. The Balaban J connectivity index is 2.08. The molecule has 1 heterocycles. The van der Waals surface area contributed by atoms with Crippen LogP contribution in [0.1, 0.15) is 13.8 Å². The number of carbonyl (C=O) groups excluding carboxylic acids is 2. The van der Waals surface area contributed by atoms with E-state index in [-0.39, 0.29) is 6.04 Å². The van der Waals surface area contributed by atoms with E-state index in [9.17, 15) is 9.59 Å². The van der Waals surface area contributed by atoms with Gasteiger partial charge in [0.2, 0.25) is 0 Å². The van der Waals surface area contributed by atoms with Crippen LogP contribution in [-0.2, 0) is 9.59 Å². The summed E-state index contributed by atoms with van der Waals surface area (Å²) in [5, 5.41) is 5.05. The summed E-state index contributed by atoms with van der Waals surface area (Å²) in [6, 6.07) is 5.12. The van der Waals surface area contributed by atoms with Crippen molar-refractivity contribution in [2.24, 2.45) is 0 Å². The Morgan fingerprint density at radius 1 is 1.28 bits per heavy atom. The molecule has 0 aliphatic heterocycles.